The Morgan fingerprint density at radius 1 is 1.62 bits per heavy atom. The van der Waals surface area contributed by atoms with E-state index in [-0.39, 0.29) is 17.9 Å². The third kappa shape index (κ3) is 2.39. The SMILES string of the molecule is CC(N)CNC(=O)C1CSc2ccccc21. The van der Waals surface area contributed by atoms with Gasteiger partial charge in [0, 0.05) is 23.2 Å². The molecule has 0 bridgehead atoms. The fourth-order valence-electron chi connectivity index (χ4n) is 1.76. The first-order chi connectivity index (χ1) is 7.68. The number of hydrogen-bond donors (Lipinski definition) is 2. The normalized spacial score (nSPS) is 20.2. The molecule has 3 N–H and O–H groups in total. The second kappa shape index (κ2) is 4.89. The van der Waals surface area contributed by atoms with Gasteiger partial charge in [-0.05, 0) is 18.6 Å². The lowest BCUT2D eigenvalue weighted by molar-refractivity contribution is -0.122. The molecule has 0 saturated heterocycles. The van der Waals surface area contributed by atoms with Crippen molar-refractivity contribution in [2.45, 2.75) is 23.8 Å². The van der Waals surface area contributed by atoms with Crippen molar-refractivity contribution in [3.05, 3.63) is 29.8 Å². The minimum atomic E-state index is -0.0139. The molecule has 1 amide bonds. The lowest BCUT2D eigenvalue weighted by atomic mass is 10.0. The molecule has 0 spiro atoms. The Balaban J connectivity index is 2.04. The number of nitrogens with one attached hydrogen (secondary N) is 1. The maximum Gasteiger partial charge on any atom is 0.228 e. The molecule has 2 rings (SSSR count). The number of rotatable bonds is 3. The quantitative estimate of drug-likeness (QED) is 0.832. The van der Waals surface area contributed by atoms with E-state index in [0.29, 0.717) is 6.54 Å². The van der Waals surface area contributed by atoms with Crippen molar-refractivity contribution >= 4 is 17.7 Å². The van der Waals surface area contributed by atoms with E-state index < -0.39 is 0 Å². The standard InChI is InChI=1S/C12H16N2OS/c1-8(13)6-14-12(15)10-7-16-11-5-3-2-4-9(10)11/h2-5,8,10H,6-7,13H2,1H3,(H,14,15). The van der Waals surface area contributed by atoms with Crippen molar-refractivity contribution in [2.75, 3.05) is 12.3 Å². The van der Waals surface area contributed by atoms with Crippen LogP contribution in [0.5, 0.6) is 0 Å². The molecule has 0 radical (unpaired) electrons. The van der Waals surface area contributed by atoms with Crippen molar-refractivity contribution in [1.29, 1.82) is 0 Å². The molecule has 0 saturated carbocycles. The number of nitrogens with two attached hydrogens (primary N) is 1. The summed E-state index contributed by atoms with van der Waals surface area (Å²) in [6.45, 7) is 2.43. The highest BCUT2D eigenvalue weighted by atomic mass is 32.2. The number of benzene rings is 1. The highest BCUT2D eigenvalue weighted by Gasteiger charge is 2.28. The van der Waals surface area contributed by atoms with Gasteiger partial charge in [0.05, 0.1) is 5.92 Å². The zero-order valence-electron chi connectivity index (χ0n) is 9.27. The lowest BCUT2D eigenvalue weighted by Gasteiger charge is -2.12. The summed E-state index contributed by atoms with van der Waals surface area (Å²) in [6.07, 6.45) is 0. The topological polar surface area (TPSA) is 55.1 Å². The van der Waals surface area contributed by atoms with Gasteiger partial charge in [0.1, 0.15) is 0 Å². The van der Waals surface area contributed by atoms with E-state index in [1.165, 1.54) is 4.90 Å². The summed E-state index contributed by atoms with van der Waals surface area (Å²) in [6, 6.07) is 8.10. The van der Waals surface area contributed by atoms with Crippen LogP contribution in [0, 0.1) is 0 Å². The fourth-order valence-corrected chi connectivity index (χ4v) is 2.99. The Bertz CT molecular complexity index is 392. The van der Waals surface area contributed by atoms with E-state index in [9.17, 15) is 4.79 Å². The lowest BCUT2D eigenvalue weighted by Crippen LogP contribution is -2.37. The van der Waals surface area contributed by atoms with Gasteiger partial charge in [-0.15, -0.1) is 11.8 Å². The maximum atomic E-state index is 11.9. The third-order valence-corrected chi connectivity index (χ3v) is 3.80. The van der Waals surface area contributed by atoms with Gasteiger partial charge in [-0.1, -0.05) is 18.2 Å². The summed E-state index contributed by atoms with van der Waals surface area (Å²) >= 11 is 1.75. The van der Waals surface area contributed by atoms with Gasteiger partial charge in [-0.25, -0.2) is 0 Å². The molecule has 1 heterocycles. The molecule has 2 unspecified atom stereocenters. The van der Waals surface area contributed by atoms with Crippen LogP contribution in [0.15, 0.2) is 29.2 Å². The van der Waals surface area contributed by atoms with Crippen LogP contribution in [0.3, 0.4) is 0 Å². The molecule has 1 aromatic carbocycles. The molecule has 1 aromatic rings. The zero-order chi connectivity index (χ0) is 11.5. The van der Waals surface area contributed by atoms with Crippen LogP contribution in [0.1, 0.15) is 18.4 Å². The molecule has 0 aromatic heterocycles. The van der Waals surface area contributed by atoms with Gasteiger partial charge in [-0.2, -0.15) is 0 Å². The van der Waals surface area contributed by atoms with Crippen LogP contribution in [0.4, 0.5) is 0 Å². The van der Waals surface area contributed by atoms with Gasteiger partial charge >= 0.3 is 0 Å². The van der Waals surface area contributed by atoms with Crippen LogP contribution < -0.4 is 11.1 Å². The highest BCUT2D eigenvalue weighted by Crippen LogP contribution is 2.39. The number of amides is 1. The summed E-state index contributed by atoms with van der Waals surface area (Å²) in [7, 11) is 0. The van der Waals surface area contributed by atoms with Gasteiger partial charge in [0.25, 0.3) is 0 Å². The Labute approximate surface area is 99.8 Å². The first kappa shape index (κ1) is 11.5. The molecule has 16 heavy (non-hydrogen) atoms. The average molecular weight is 236 g/mol. The number of carbonyl (C=O) groups excluding carboxylic acids is 1. The molecule has 1 aliphatic rings. The van der Waals surface area contributed by atoms with E-state index >= 15 is 0 Å². The Morgan fingerprint density at radius 3 is 3.12 bits per heavy atom. The zero-order valence-corrected chi connectivity index (χ0v) is 10.1. The van der Waals surface area contributed by atoms with Crippen molar-refractivity contribution in [3.63, 3.8) is 0 Å². The molecule has 0 fully saturated rings. The molecule has 86 valence electrons. The van der Waals surface area contributed by atoms with Crippen LogP contribution in [-0.4, -0.2) is 24.2 Å². The summed E-state index contributed by atoms with van der Waals surface area (Å²) in [5.74, 6) is 0.916. The molecule has 2 atom stereocenters. The fraction of sp³-hybridized carbons (Fsp3) is 0.417. The minimum Gasteiger partial charge on any atom is -0.354 e. The predicted octanol–water partition coefficient (Wildman–Crippen LogP) is 1.34. The summed E-state index contributed by atoms with van der Waals surface area (Å²) in [5, 5.41) is 2.89. The molecular weight excluding hydrogens is 220 g/mol. The van der Waals surface area contributed by atoms with Crippen molar-refractivity contribution < 1.29 is 4.79 Å². The summed E-state index contributed by atoms with van der Waals surface area (Å²) in [4.78, 5) is 13.2. The number of hydrogen-bond acceptors (Lipinski definition) is 3. The van der Waals surface area contributed by atoms with Gasteiger partial charge < -0.3 is 11.1 Å². The molecule has 0 aliphatic carbocycles. The van der Waals surface area contributed by atoms with E-state index in [1.807, 2.05) is 25.1 Å². The van der Waals surface area contributed by atoms with E-state index in [0.717, 1.165) is 11.3 Å². The number of fused-ring (bicyclic) bond motifs is 1. The molecule has 1 aliphatic heterocycles. The van der Waals surface area contributed by atoms with E-state index in [2.05, 4.69) is 11.4 Å². The van der Waals surface area contributed by atoms with Crippen molar-refractivity contribution in [3.8, 4) is 0 Å². The van der Waals surface area contributed by atoms with Crippen LogP contribution in [0.25, 0.3) is 0 Å². The smallest absolute Gasteiger partial charge is 0.228 e. The van der Waals surface area contributed by atoms with Crippen LogP contribution in [0.2, 0.25) is 0 Å². The van der Waals surface area contributed by atoms with Crippen LogP contribution >= 0.6 is 11.8 Å². The largest absolute Gasteiger partial charge is 0.354 e. The Kier molecular flexibility index (Phi) is 3.51. The Hall–Kier alpha value is -1.00. The summed E-state index contributed by atoms with van der Waals surface area (Å²) < 4.78 is 0. The van der Waals surface area contributed by atoms with Gasteiger partial charge in [0.2, 0.25) is 5.91 Å². The van der Waals surface area contributed by atoms with Crippen LogP contribution in [-0.2, 0) is 4.79 Å². The predicted molar refractivity (Wildman–Crippen MR) is 66.6 cm³/mol. The number of carbonyl (C=O) groups is 1. The maximum absolute atomic E-state index is 11.9. The highest BCUT2D eigenvalue weighted by molar-refractivity contribution is 7.99. The second-order valence-electron chi connectivity index (χ2n) is 4.12. The van der Waals surface area contributed by atoms with Gasteiger partial charge in [-0.3, -0.25) is 4.79 Å². The second-order valence-corrected chi connectivity index (χ2v) is 5.19. The van der Waals surface area contributed by atoms with Crippen molar-refractivity contribution in [1.82, 2.24) is 5.32 Å². The Morgan fingerprint density at radius 2 is 2.38 bits per heavy atom. The molecule has 4 heteroatoms. The first-order valence-corrected chi connectivity index (χ1v) is 6.42. The number of thioether (sulfide) groups is 1. The average Bonchev–Trinajstić information content (AvgIpc) is 2.69. The molecule has 3 nitrogen and oxygen atoms in total. The summed E-state index contributed by atoms with van der Waals surface area (Å²) in [5.41, 5.74) is 6.76. The monoisotopic (exact) mass is 236 g/mol. The first-order valence-electron chi connectivity index (χ1n) is 5.43. The van der Waals surface area contributed by atoms with Crippen molar-refractivity contribution in [2.24, 2.45) is 5.73 Å². The third-order valence-electron chi connectivity index (χ3n) is 2.61. The van der Waals surface area contributed by atoms with E-state index in [1.54, 1.807) is 11.8 Å². The molecular formula is C12H16N2OS. The van der Waals surface area contributed by atoms with Gasteiger partial charge in [0.15, 0.2) is 0 Å². The minimum absolute atomic E-state index is 0.00764. The van der Waals surface area contributed by atoms with E-state index in [4.69, 9.17) is 5.73 Å².